The first-order chi connectivity index (χ1) is 6.53. The molecule has 1 aromatic rings. The minimum Gasteiger partial charge on any atom is -0.465 e. The van der Waals surface area contributed by atoms with Gasteiger partial charge >= 0.3 is 0 Å². The fourth-order valence-electron chi connectivity index (χ4n) is 1.45. The van der Waals surface area contributed by atoms with Crippen LogP contribution in [0.5, 0.6) is 0 Å². The van der Waals surface area contributed by atoms with Gasteiger partial charge in [0.1, 0.15) is 5.76 Å². The first-order valence-corrected chi connectivity index (χ1v) is 4.93. The van der Waals surface area contributed by atoms with Gasteiger partial charge in [0.05, 0.1) is 6.26 Å². The summed E-state index contributed by atoms with van der Waals surface area (Å²) in [6, 6.07) is 3.87. The molecule has 14 heavy (non-hydrogen) atoms. The molecular formula is C12H19NO. The standard InChI is InChI=1S/C12H19NO/c1-10(9-12(2,3)13-4)8-11-6-5-7-14-11/h5-8,13H,9H2,1-4H3/b10-8+. The maximum absolute atomic E-state index is 5.26. The van der Waals surface area contributed by atoms with Crippen molar-refractivity contribution in [1.29, 1.82) is 0 Å². The second-order valence-corrected chi connectivity index (χ2v) is 4.32. The van der Waals surface area contributed by atoms with Crippen LogP contribution in [-0.4, -0.2) is 12.6 Å². The smallest absolute Gasteiger partial charge is 0.126 e. The molecule has 0 aromatic carbocycles. The summed E-state index contributed by atoms with van der Waals surface area (Å²) in [7, 11) is 1.99. The van der Waals surface area contributed by atoms with Crippen molar-refractivity contribution in [2.75, 3.05) is 7.05 Å². The molecule has 78 valence electrons. The minimum atomic E-state index is 0.146. The normalized spacial score (nSPS) is 13.3. The third-order valence-corrected chi connectivity index (χ3v) is 2.33. The number of hydrogen-bond acceptors (Lipinski definition) is 2. The number of furan rings is 1. The van der Waals surface area contributed by atoms with Gasteiger partial charge in [0, 0.05) is 5.54 Å². The Morgan fingerprint density at radius 2 is 2.29 bits per heavy atom. The Hall–Kier alpha value is -1.02. The average Bonchev–Trinajstić information content (AvgIpc) is 2.55. The van der Waals surface area contributed by atoms with Crippen LogP contribution in [-0.2, 0) is 0 Å². The molecule has 1 rings (SSSR count). The molecule has 0 spiro atoms. The summed E-state index contributed by atoms with van der Waals surface area (Å²) in [4.78, 5) is 0. The second-order valence-electron chi connectivity index (χ2n) is 4.32. The Balaban J connectivity index is 2.62. The van der Waals surface area contributed by atoms with Gasteiger partial charge in [-0.2, -0.15) is 0 Å². The molecule has 1 heterocycles. The van der Waals surface area contributed by atoms with Crippen LogP contribution in [0.2, 0.25) is 0 Å². The fourth-order valence-corrected chi connectivity index (χ4v) is 1.45. The molecule has 0 bridgehead atoms. The SMILES string of the molecule is CNC(C)(C)C/C(C)=C/c1ccco1. The van der Waals surface area contributed by atoms with E-state index in [4.69, 9.17) is 4.42 Å². The zero-order chi connectivity index (χ0) is 10.6. The maximum Gasteiger partial charge on any atom is 0.126 e. The van der Waals surface area contributed by atoms with Gasteiger partial charge in [-0.25, -0.2) is 0 Å². The molecule has 1 aromatic heterocycles. The lowest BCUT2D eigenvalue weighted by atomic mass is 9.95. The highest BCUT2D eigenvalue weighted by molar-refractivity contribution is 5.46. The van der Waals surface area contributed by atoms with Gasteiger partial charge in [-0.1, -0.05) is 5.57 Å². The van der Waals surface area contributed by atoms with E-state index in [0.717, 1.165) is 12.2 Å². The third-order valence-electron chi connectivity index (χ3n) is 2.33. The van der Waals surface area contributed by atoms with Gasteiger partial charge in [-0.05, 0) is 52.4 Å². The molecular weight excluding hydrogens is 174 g/mol. The number of hydrogen-bond donors (Lipinski definition) is 1. The highest BCUT2D eigenvalue weighted by Crippen LogP contribution is 2.17. The van der Waals surface area contributed by atoms with E-state index in [9.17, 15) is 0 Å². The van der Waals surface area contributed by atoms with E-state index in [-0.39, 0.29) is 5.54 Å². The van der Waals surface area contributed by atoms with Gasteiger partial charge in [-0.3, -0.25) is 0 Å². The molecule has 0 aliphatic heterocycles. The fraction of sp³-hybridized carbons (Fsp3) is 0.500. The topological polar surface area (TPSA) is 25.2 Å². The van der Waals surface area contributed by atoms with E-state index in [1.165, 1.54) is 5.57 Å². The summed E-state index contributed by atoms with van der Waals surface area (Å²) in [6.07, 6.45) is 4.80. The van der Waals surface area contributed by atoms with Crippen LogP contribution < -0.4 is 5.32 Å². The molecule has 0 amide bonds. The quantitative estimate of drug-likeness (QED) is 0.795. The number of nitrogens with one attached hydrogen (secondary N) is 1. The third kappa shape index (κ3) is 3.38. The van der Waals surface area contributed by atoms with Crippen molar-refractivity contribution in [3.8, 4) is 0 Å². The summed E-state index contributed by atoms with van der Waals surface area (Å²) in [5.74, 6) is 0.925. The van der Waals surface area contributed by atoms with Crippen LogP contribution in [0.4, 0.5) is 0 Å². The first-order valence-electron chi connectivity index (χ1n) is 4.93. The van der Waals surface area contributed by atoms with Crippen molar-refractivity contribution >= 4 is 6.08 Å². The molecule has 0 saturated carbocycles. The Bertz CT molecular complexity index is 296. The second kappa shape index (κ2) is 4.47. The molecule has 0 aliphatic rings. The molecule has 0 unspecified atom stereocenters. The van der Waals surface area contributed by atoms with E-state index in [0.29, 0.717) is 0 Å². The van der Waals surface area contributed by atoms with E-state index in [2.05, 4.69) is 32.2 Å². The molecule has 1 N–H and O–H groups in total. The van der Waals surface area contributed by atoms with Crippen molar-refractivity contribution in [2.45, 2.75) is 32.7 Å². The zero-order valence-electron chi connectivity index (χ0n) is 9.42. The van der Waals surface area contributed by atoms with Crippen LogP contribution >= 0.6 is 0 Å². The Morgan fingerprint density at radius 1 is 1.57 bits per heavy atom. The first kappa shape index (κ1) is 11.1. The summed E-state index contributed by atoms with van der Waals surface area (Å²) >= 11 is 0. The van der Waals surface area contributed by atoms with Crippen LogP contribution in [0.15, 0.2) is 28.4 Å². The summed E-state index contributed by atoms with van der Waals surface area (Å²) in [5, 5.41) is 3.28. The minimum absolute atomic E-state index is 0.146. The van der Waals surface area contributed by atoms with Crippen LogP contribution in [0.1, 0.15) is 33.0 Å². The van der Waals surface area contributed by atoms with Crippen LogP contribution in [0, 0.1) is 0 Å². The van der Waals surface area contributed by atoms with E-state index < -0.39 is 0 Å². The maximum atomic E-state index is 5.26. The van der Waals surface area contributed by atoms with E-state index in [1.807, 2.05) is 19.2 Å². The van der Waals surface area contributed by atoms with Gasteiger partial charge in [0.2, 0.25) is 0 Å². The number of rotatable bonds is 4. The molecule has 0 aliphatic carbocycles. The monoisotopic (exact) mass is 193 g/mol. The molecule has 0 fully saturated rings. The molecule has 0 radical (unpaired) electrons. The summed E-state index contributed by atoms with van der Waals surface area (Å²) < 4.78 is 5.26. The van der Waals surface area contributed by atoms with Gasteiger partial charge in [-0.15, -0.1) is 0 Å². The molecule has 2 nitrogen and oxygen atoms in total. The highest BCUT2D eigenvalue weighted by Gasteiger charge is 2.14. The Morgan fingerprint density at radius 3 is 2.79 bits per heavy atom. The van der Waals surface area contributed by atoms with Gasteiger partial charge < -0.3 is 9.73 Å². The summed E-state index contributed by atoms with van der Waals surface area (Å²) in [6.45, 7) is 6.50. The molecule has 2 heteroatoms. The van der Waals surface area contributed by atoms with Crippen LogP contribution in [0.3, 0.4) is 0 Å². The average molecular weight is 193 g/mol. The molecule has 0 atom stereocenters. The predicted octanol–water partition coefficient (Wildman–Crippen LogP) is 3.07. The Labute approximate surface area is 86.0 Å². The lowest BCUT2D eigenvalue weighted by Crippen LogP contribution is -2.36. The van der Waals surface area contributed by atoms with Crippen molar-refractivity contribution in [3.05, 3.63) is 29.7 Å². The lowest BCUT2D eigenvalue weighted by Gasteiger charge is -2.24. The Kier molecular flexibility index (Phi) is 3.53. The van der Waals surface area contributed by atoms with Crippen molar-refractivity contribution in [3.63, 3.8) is 0 Å². The van der Waals surface area contributed by atoms with Crippen molar-refractivity contribution in [2.24, 2.45) is 0 Å². The van der Waals surface area contributed by atoms with Crippen molar-refractivity contribution in [1.82, 2.24) is 5.32 Å². The predicted molar refractivity (Wildman–Crippen MR) is 60.1 cm³/mol. The summed E-state index contributed by atoms with van der Waals surface area (Å²) in [5.41, 5.74) is 1.46. The van der Waals surface area contributed by atoms with Gasteiger partial charge in [0.15, 0.2) is 0 Å². The van der Waals surface area contributed by atoms with Gasteiger partial charge in [0.25, 0.3) is 0 Å². The molecule has 0 saturated heterocycles. The van der Waals surface area contributed by atoms with Crippen molar-refractivity contribution < 1.29 is 4.42 Å². The largest absolute Gasteiger partial charge is 0.465 e. The highest BCUT2D eigenvalue weighted by atomic mass is 16.3. The van der Waals surface area contributed by atoms with Crippen LogP contribution in [0.25, 0.3) is 6.08 Å². The zero-order valence-corrected chi connectivity index (χ0v) is 9.42. The van der Waals surface area contributed by atoms with E-state index in [1.54, 1.807) is 6.26 Å². The van der Waals surface area contributed by atoms with E-state index >= 15 is 0 Å². The lowest BCUT2D eigenvalue weighted by molar-refractivity contribution is 0.421.